The Morgan fingerprint density at radius 3 is 2.81 bits per heavy atom. The number of ether oxygens (including phenoxy) is 2. The zero-order valence-corrected chi connectivity index (χ0v) is 12.5. The summed E-state index contributed by atoms with van der Waals surface area (Å²) in [4.78, 5) is 30.1. The maximum atomic E-state index is 12.5. The largest absolute Gasteiger partial charge is 0.444 e. The minimum Gasteiger partial charge on any atom is -0.444 e. The van der Waals surface area contributed by atoms with E-state index in [4.69, 9.17) is 9.47 Å². The molecule has 1 aliphatic heterocycles. The second-order valence-electron chi connectivity index (χ2n) is 5.87. The van der Waals surface area contributed by atoms with Gasteiger partial charge in [-0.05, 0) is 32.9 Å². The van der Waals surface area contributed by atoms with Gasteiger partial charge < -0.3 is 9.47 Å². The minimum atomic E-state index is -0.669. The molecule has 1 saturated heterocycles. The first kappa shape index (κ1) is 15.4. The van der Waals surface area contributed by atoms with Crippen molar-refractivity contribution in [3.63, 3.8) is 0 Å². The molecule has 0 spiro atoms. The Morgan fingerprint density at radius 2 is 2.19 bits per heavy atom. The Bertz CT molecular complexity index is 510. The van der Waals surface area contributed by atoms with Crippen LogP contribution in [0.2, 0.25) is 0 Å². The van der Waals surface area contributed by atoms with Gasteiger partial charge in [-0.25, -0.2) is 4.79 Å². The van der Waals surface area contributed by atoms with Crippen molar-refractivity contribution >= 4 is 11.9 Å². The molecule has 1 aromatic heterocycles. The molecule has 21 heavy (non-hydrogen) atoms. The average molecular weight is 292 g/mol. The molecule has 1 aliphatic rings. The van der Waals surface area contributed by atoms with Gasteiger partial charge in [0.15, 0.2) is 5.78 Å². The number of pyridine rings is 1. The molecule has 0 radical (unpaired) electrons. The molecule has 0 bridgehead atoms. The second kappa shape index (κ2) is 6.22. The number of Topliss-reactive ketones (excluding diaryl/α,β-unsaturated/α-hetero) is 1. The summed E-state index contributed by atoms with van der Waals surface area (Å²) in [5.74, 6) is -0.186. The number of nitrogens with zero attached hydrogens (tertiary/aromatic N) is 2. The van der Waals surface area contributed by atoms with E-state index >= 15 is 0 Å². The number of ketones is 1. The number of aromatic nitrogens is 1. The number of carbonyl (C=O) groups excluding carboxylic acids is 2. The van der Waals surface area contributed by atoms with Gasteiger partial charge in [-0.1, -0.05) is 0 Å². The molecule has 1 aromatic rings. The van der Waals surface area contributed by atoms with Crippen LogP contribution in [0.3, 0.4) is 0 Å². The molecule has 0 aromatic carbocycles. The third-order valence-corrected chi connectivity index (χ3v) is 3.01. The number of hydrogen-bond donors (Lipinski definition) is 0. The van der Waals surface area contributed by atoms with Gasteiger partial charge in [-0.2, -0.15) is 0 Å². The van der Waals surface area contributed by atoms with Crippen LogP contribution in [0.5, 0.6) is 0 Å². The van der Waals surface area contributed by atoms with E-state index in [-0.39, 0.29) is 12.4 Å². The Balaban J connectivity index is 2.16. The van der Waals surface area contributed by atoms with E-state index in [1.165, 1.54) is 11.1 Å². The van der Waals surface area contributed by atoms with Crippen LogP contribution >= 0.6 is 0 Å². The van der Waals surface area contributed by atoms with Crippen molar-refractivity contribution in [1.29, 1.82) is 0 Å². The highest BCUT2D eigenvalue weighted by molar-refractivity contribution is 6.01. The van der Waals surface area contributed by atoms with Gasteiger partial charge in [-0.15, -0.1) is 0 Å². The molecule has 6 heteroatoms. The smallest absolute Gasteiger partial charge is 0.411 e. The van der Waals surface area contributed by atoms with Gasteiger partial charge in [0.25, 0.3) is 0 Å². The molecule has 2 rings (SSSR count). The maximum absolute atomic E-state index is 12.5. The molecule has 0 N–H and O–H groups in total. The van der Waals surface area contributed by atoms with Crippen LogP contribution in [0.15, 0.2) is 24.5 Å². The minimum absolute atomic E-state index is 0.174. The number of hydrogen-bond acceptors (Lipinski definition) is 5. The standard InChI is InChI=1S/C15H20N2O4/c1-15(2,3)21-14(19)17-7-8-20-10-12(17)13(18)11-5-4-6-16-9-11/h4-6,9,12H,7-8,10H2,1-3H3. The van der Waals surface area contributed by atoms with Gasteiger partial charge in [0, 0.05) is 24.5 Å². The first-order valence-electron chi connectivity index (χ1n) is 6.90. The van der Waals surface area contributed by atoms with Gasteiger partial charge in [0.2, 0.25) is 0 Å². The Hall–Kier alpha value is -1.95. The number of morpholine rings is 1. The highest BCUT2D eigenvalue weighted by atomic mass is 16.6. The lowest BCUT2D eigenvalue weighted by atomic mass is 10.0. The molecular formula is C15H20N2O4. The maximum Gasteiger partial charge on any atom is 0.411 e. The van der Waals surface area contributed by atoms with Crippen LogP contribution in [0.25, 0.3) is 0 Å². The van der Waals surface area contributed by atoms with E-state index in [0.29, 0.717) is 18.7 Å². The van der Waals surface area contributed by atoms with E-state index in [9.17, 15) is 9.59 Å². The summed E-state index contributed by atoms with van der Waals surface area (Å²) >= 11 is 0. The molecule has 1 atom stereocenters. The van der Waals surface area contributed by atoms with Crippen LogP contribution in [0.1, 0.15) is 31.1 Å². The van der Waals surface area contributed by atoms with Crippen LogP contribution < -0.4 is 0 Å². The molecule has 0 aliphatic carbocycles. The second-order valence-corrected chi connectivity index (χ2v) is 5.87. The summed E-state index contributed by atoms with van der Waals surface area (Å²) in [6, 6.07) is 2.70. The highest BCUT2D eigenvalue weighted by Crippen LogP contribution is 2.17. The molecule has 0 saturated carbocycles. The van der Waals surface area contributed by atoms with Gasteiger partial charge in [0.05, 0.1) is 13.2 Å². The van der Waals surface area contributed by atoms with Crippen molar-refractivity contribution in [2.75, 3.05) is 19.8 Å². The van der Waals surface area contributed by atoms with Crippen molar-refractivity contribution in [2.45, 2.75) is 32.4 Å². The van der Waals surface area contributed by atoms with E-state index in [0.717, 1.165) is 0 Å². The van der Waals surface area contributed by atoms with Crippen LogP contribution in [0.4, 0.5) is 4.79 Å². The van der Waals surface area contributed by atoms with Crippen molar-refractivity contribution in [2.24, 2.45) is 0 Å². The Kier molecular flexibility index (Phi) is 4.57. The lowest BCUT2D eigenvalue weighted by Crippen LogP contribution is -2.53. The Labute approximate surface area is 124 Å². The summed E-state index contributed by atoms with van der Waals surface area (Å²) < 4.78 is 10.7. The summed E-state index contributed by atoms with van der Waals surface area (Å²) in [6.45, 7) is 6.30. The number of amides is 1. The molecular weight excluding hydrogens is 272 g/mol. The molecule has 1 fully saturated rings. The highest BCUT2D eigenvalue weighted by Gasteiger charge is 2.35. The van der Waals surface area contributed by atoms with Crippen molar-refractivity contribution < 1.29 is 19.1 Å². The van der Waals surface area contributed by atoms with Crippen LogP contribution in [-0.2, 0) is 9.47 Å². The fraction of sp³-hybridized carbons (Fsp3) is 0.533. The number of rotatable bonds is 2. The zero-order chi connectivity index (χ0) is 15.5. The Morgan fingerprint density at radius 1 is 1.43 bits per heavy atom. The third-order valence-electron chi connectivity index (χ3n) is 3.01. The molecule has 1 unspecified atom stereocenters. The predicted octanol–water partition coefficient (Wildman–Crippen LogP) is 1.90. The van der Waals surface area contributed by atoms with Crippen LogP contribution in [-0.4, -0.2) is 53.2 Å². The molecule has 114 valence electrons. The molecule has 1 amide bonds. The summed E-state index contributed by atoms with van der Waals surface area (Å²) in [6.07, 6.45) is 2.59. The van der Waals surface area contributed by atoms with Crippen molar-refractivity contribution in [3.05, 3.63) is 30.1 Å². The normalized spacial score (nSPS) is 19.2. The van der Waals surface area contributed by atoms with E-state index in [2.05, 4.69) is 4.98 Å². The fourth-order valence-corrected chi connectivity index (χ4v) is 2.06. The monoisotopic (exact) mass is 292 g/mol. The first-order chi connectivity index (χ1) is 9.88. The van der Waals surface area contributed by atoms with Gasteiger partial charge in [-0.3, -0.25) is 14.7 Å². The zero-order valence-electron chi connectivity index (χ0n) is 12.5. The summed E-state index contributed by atoms with van der Waals surface area (Å²) in [5.41, 5.74) is -0.140. The van der Waals surface area contributed by atoms with Crippen LogP contribution in [0, 0.1) is 0 Å². The third kappa shape index (κ3) is 4.01. The van der Waals surface area contributed by atoms with Crippen molar-refractivity contribution in [3.8, 4) is 0 Å². The van der Waals surface area contributed by atoms with E-state index in [1.54, 1.807) is 39.1 Å². The van der Waals surface area contributed by atoms with Crippen molar-refractivity contribution in [1.82, 2.24) is 9.88 Å². The average Bonchev–Trinajstić information content (AvgIpc) is 2.45. The molecule has 2 heterocycles. The summed E-state index contributed by atoms with van der Waals surface area (Å²) in [7, 11) is 0. The SMILES string of the molecule is CC(C)(C)OC(=O)N1CCOCC1C(=O)c1cccnc1. The molecule has 6 nitrogen and oxygen atoms in total. The topological polar surface area (TPSA) is 68.7 Å². The van der Waals surface area contributed by atoms with Gasteiger partial charge in [0.1, 0.15) is 11.6 Å². The van der Waals surface area contributed by atoms with E-state index in [1.807, 2.05) is 0 Å². The lowest BCUT2D eigenvalue weighted by molar-refractivity contribution is -0.0265. The first-order valence-corrected chi connectivity index (χ1v) is 6.90. The van der Waals surface area contributed by atoms with Gasteiger partial charge >= 0.3 is 6.09 Å². The number of carbonyl (C=O) groups is 2. The lowest BCUT2D eigenvalue weighted by Gasteiger charge is -2.35. The fourth-order valence-electron chi connectivity index (χ4n) is 2.06. The quantitative estimate of drug-likeness (QED) is 0.779. The predicted molar refractivity (Wildman–Crippen MR) is 76.1 cm³/mol. The summed E-state index contributed by atoms with van der Waals surface area (Å²) in [5, 5.41) is 0. The van der Waals surface area contributed by atoms with E-state index < -0.39 is 17.7 Å².